The highest BCUT2D eigenvalue weighted by molar-refractivity contribution is 7.99. The van der Waals surface area contributed by atoms with Crippen molar-refractivity contribution in [2.45, 2.75) is 18.6 Å². The molecule has 0 aliphatic carbocycles. The van der Waals surface area contributed by atoms with Crippen molar-refractivity contribution in [3.05, 3.63) is 70.3 Å². The summed E-state index contributed by atoms with van der Waals surface area (Å²) in [6.45, 7) is 2.56. The van der Waals surface area contributed by atoms with Gasteiger partial charge >= 0.3 is 0 Å². The van der Waals surface area contributed by atoms with E-state index in [1.807, 2.05) is 41.8 Å². The van der Waals surface area contributed by atoms with Crippen molar-refractivity contribution >= 4 is 34.2 Å². The van der Waals surface area contributed by atoms with Gasteiger partial charge in [-0.2, -0.15) is 0 Å². The summed E-state index contributed by atoms with van der Waals surface area (Å²) in [5, 5.41) is 20.9. The van der Waals surface area contributed by atoms with Gasteiger partial charge in [-0.3, -0.25) is 19.5 Å². The highest BCUT2D eigenvalue weighted by Gasteiger charge is 2.19. The van der Waals surface area contributed by atoms with Gasteiger partial charge in [-0.05, 0) is 19.1 Å². The lowest BCUT2D eigenvalue weighted by Gasteiger charge is -2.05. The Morgan fingerprint density at radius 2 is 2.00 bits per heavy atom. The molecule has 0 atom stereocenters. The summed E-state index contributed by atoms with van der Waals surface area (Å²) in [7, 11) is 0. The van der Waals surface area contributed by atoms with E-state index >= 15 is 0 Å². The van der Waals surface area contributed by atoms with Crippen molar-refractivity contribution in [1.29, 1.82) is 0 Å². The molecule has 4 rings (SSSR count). The molecule has 8 nitrogen and oxygen atoms in total. The second-order valence-electron chi connectivity index (χ2n) is 6.22. The Morgan fingerprint density at radius 1 is 1.17 bits per heavy atom. The van der Waals surface area contributed by atoms with Gasteiger partial charge in [0.15, 0.2) is 16.7 Å². The van der Waals surface area contributed by atoms with Gasteiger partial charge in [-0.25, -0.2) is 0 Å². The highest BCUT2D eigenvalue weighted by atomic mass is 32.2. The Hall–Kier alpha value is -3.46. The van der Waals surface area contributed by atoms with E-state index in [1.165, 1.54) is 30.0 Å². The number of hydrogen-bond acceptors (Lipinski definition) is 7. The number of carbonyl (C=O) groups excluding carboxylic acids is 1. The Kier molecular flexibility index (Phi) is 5.13. The predicted octanol–water partition coefficient (Wildman–Crippen LogP) is 4.59. The molecule has 0 saturated heterocycles. The van der Waals surface area contributed by atoms with Gasteiger partial charge in [0.2, 0.25) is 5.82 Å². The third-order valence-corrected chi connectivity index (χ3v) is 5.36. The molecule has 0 aliphatic rings. The number of para-hydroxylation sites is 1. The molecule has 29 heavy (non-hydrogen) atoms. The Labute approximate surface area is 169 Å². The zero-order valence-electron chi connectivity index (χ0n) is 15.4. The van der Waals surface area contributed by atoms with E-state index in [-0.39, 0.29) is 17.2 Å². The quantitative estimate of drug-likeness (QED) is 0.191. The van der Waals surface area contributed by atoms with Gasteiger partial charge in [0.1, 0.15) is 5.58 Å². The first-order valence-electron chi connectivity index (χ1n) is 8.89. The molecule has 0 saturated carbocycles. The summed E-state index contributed by atoms with van der Waals surface area (Å²) in [5.41, 5.74) is 0.958. The molecule has 0 bridgehead atoms. The van der Waals surface area contributed by atoms with E-state index in [9.17, 15) is 14.9 Å². The second kappa shape index (κ2) is 7.88. The van der Waals surface area contributed by atoms with Crippen LogP contribution in [0.5, 0.6) is 0 Å². The average molecular weight is 408 g/mol. The fraction of sp³-hybridized carbons (Fsp3) is 0.150. The lowest BCUT2D eigenvalue weighted by molar-refractivity contribution is -0.384. The maximum Gasteiger partial charge on any atom is 0.270 e. The van der Waals surface area contributed by atoms with Gasteiger partial charge in [0.25, 0.3) is 5.69 Å². The van der Waals surface area contributed by atoms with E-state index in [1.54, 1.807) is 6.07 Å². The zero-order chi connectivity index (χ0) is 20.4. The number of aromatic nitrogens is 3. The fourth-order valence-electron chi connectivity index (χ4n) is 2.96. The molecule has 2 heterocycles. The zero-order valence-corrected chi connectivity index (χ0v) is 16.3. The van der Waals surface area contributed by atoms with E-state index in [0.29, 0.717) is 28.8 Å². The highest BCUT2D eigenvalue weighted by Crippen LogP contribution is 2.29. The van der Waals surface area contributed by atoms with Crippen LogP contribution in [0.15, 0.2) is 64.2 Å². The lowest BCUT2D eigenvalue weighted by Crippen LogP contribution is -2.05. The van der Waals surface area contributed by atoms with Gasteiger partial charge in [-0.15, -0.1) is 10.2 Å². The Bertz CT molecular complexity index is 1180. The Balaban J connectivity index is 1.55. The van der Waals surface area contributed by atoms with E-state index in [4.69, 9.17) is 4.42 Å². The number of nitro groups is 1. The number of thioether (sulfide) groups is 1. The topological polar surface area (TPSA) is 104 Å². The largest absolute Gasteiger partial charge is 0.453 e. The average Bonchev–Trinajstić information content (AvgIpc) is 3.35. The van der Waals surface area contributed by atoms with Gasteiger partial charge in [0, 0.05) is 29.6 Å². The van der Waals surface area contributed by atoms with Crippen LogP contribution in [-0.4, -0.2) is 31.2 Å². The van der Waals surface area contributed by atoms with Crippen LogP contribution in [0.4, 0.5) is 5.69 Å². The van der Waals surface area contributed by atoms with E-state index in [0.717, 1.165) is 11.0 Å². The number of nitro benzene ring substituents is 1. The summed E-state index contributed by atoms with van der Waals surface area (Å²) in [6, 6.07) is 15.3. The van der Waals surface area contributed by atoms with Crippen LogP contribution in [0.2, 0.25) is 0 Å². The summed E-state index contributed by atoms with van der Waals surface area (Å²) < 4.78 is 7.76. The second-order valence-corrected chi connectivity index (χ2v) is 7.16. The van der Waals surface area contributed by atoms with Crippen LogP contribution in [0.1, 0.15) is 17.3 Å². The van der Waals surface area contributed by atoms with Crippen molar-refractivity contribution in [3.8, 4) is 11.6 Å². The van der Waals surface area contributed by atoms with Gasteiger partial charge < -0.3 is 4.42 Å². The Morgan fingerprint density at radius 3 is 2.76 bits per heavy atom. The number of fused-ring (bicyclic) bond motifs is 1. The van der Waals surface area contributed by atoms with E-state index < -0.39 is 4.92 Å². The minimum atomic E-state index is -0.517. The monoisotopic (exact) mass is 408 g/mol. The molecule has 2 aromatic carbocycles. The van der Waals surface area contributed by atoms with Crippen molar-refractivity contribution in [3.63, 3.8) is 0 Å². The van der Waals surface area contributed by atoms with Gasteiger partial charge in [-0.1, -0.05) is 42.1 Å². The molecule has 0 radical (unpaired) electrons. The van der Waals surface area contributed by atoms with Crippen LogP contribution in [0.25, 0.3) is 22.6 Å². The molecular formula is C20H16N4O4S. The first-order chi connectivity index (χ1) is 14.1. The molecule has 0 spiro atoms. The number of non-ortho nitro benzene ring substituents is 1. The number of carbonyl (C=O) groups is 1. The smallest absolute Gasteiger partial charge is 0.270 e. The number of rotatable bonds is 7. The molecule has 0 amide bonds. The molecule has 4 aromatic rings. The van der Waals surface area contributed by atoms with Crippen LogP contribution in [-0.2, 0) is 6.54 Å². The first kappa shape index (κ1) is 18.9. The van der Waals surface area contributed by atoms with Crippen molar-refractivity contribution in [1.82, 2.24) is 14.8 Å². The van der Waals surface area contributed by atoms with Crippen LogP contribution < -0.4 is 0 Å². The van der Waals surface area contributed by atoms with Crippen molar-refractivity contribution in [2.75, 3.05) is 5.75 Å². The minimum Gasteiger partial charge on any atom is -0.453 e. The molecule has 0 fully saturated rings. The number of Topliss-reactive ketones (excluding diaryl/α,β-unsaturated/α-hetero) is 1. The van der Waals surface area contributed by atoms with Gasteiger partial charge in [0.05, 0.1) is 10.7 Å². The number of benzene rings is 2. The molecule has 9 heteroatoms. The minimum absolute atomic E-state index is 0.0967. The summed E-state index contributed by atoms with van der Waals surface area (Å²) in [6.07, 6.45) is 0. The first-order valence-corrected chi connectivity index (χ1v) is 9.88. The number of nitrogens with zero attached hydrogens (tertiary/aromatic N) is 4. The normalized spacial score (nSPS) is 11.1. The van der Waals surface area contributed by atoms with Crippen molar-refractivity contribution in [2.24, 2.45) is 0 Å². The van der Waals surface area contributed by atoms with Crippen LogP contribution in [0.3, 0.4) is 0 Å². The molecule has 0 unspecified atom stereocenters. The van der Waals surface area contributed by atoms with Crippen molar-refractivity contribution < 1.29 is 14.1 Å². The molecule has 146 valence electrons. The lowest BCUT2D eigenvalue weighted by atomic mass is 10.1. The maximum absolute atomic E-state index is 12.5. The van der Waals surface area contributed by atoms with Crippen LogP contribution >= 0.6 is 11.8 Å². The number of furan rings is 1. The summed E-state index contributed by atoms with van der Waals surface area (Å²) >= 11 is 1.24. The number of hydrogen-bond donors (Lipinski definition) is 0. The number of ketones is 1. The van der Waals surface area contributed by atoms with E-state index in [2.05, 4.69) is 10.2 Å². The SMILES string of the molecule is CCn1c(SCC(=O)c2cccc([N+](=O)[O-])c2)nnc1-c1cc2ccccc2o1. The fourth-order valence-corrected chi connectivity index (χ4v) is 3.86. The summed E-state index contributed by atoms with van der Waals surface area (Å²) in [4.78, 5) is 22.9. The predicted molar refractivity (Wildman–Crippen MR) is 109 cm³/mol. The third kappa shape index (κ3) is 3.77. The summed E-state index contributed by atoms with van der Waals surface area (Å²) in [5.74, 6) is 1.08. The molecule has 2 aromatic heterocycles. The standard InChI is InChI=1S/C20H16N4O4S/c1-2-23-19(18-11-14-6-3-4-9-17(14)28-18)21-22-20(23)29-12-16(25)13-7-5-8-15(10-13)24(26)27/h3-11H,2,12H2,1H3. The van der Waals surface area contributed by atoms with Crippen LogP contribution in [0, 0.1) is 10.1 Å². The maximum atomic E-state index is 12.5. The molecule has 0 N–H and O–H groups in total. The third-order valence-electron chi connectivity index (χ3n) is 4.39. The molecule has 0 aliphatic heterocycles. The molecular weight excluding hydrogens is 392 g/mol.